The van der Waals surface area contributed by atoms with Crippen LogP contribution in [0.25, 0.3) is 11.1 Å². The van der Waals surface area contributed by atoms with E-state index in [0.29, 0.717) is 5.56 Å². The first-order chi connectivity index (χ1) is 18.1. The van der Waals surface area contributed by atoms with Crippen LogP contribution in [0.4, 0.5) is 9.59 Å². The SMILES string of the molecule is CC(C)(C)OC(=O)N[C@H](Cc1ccccc1CNC(=O)OCC1c2ccccc2-c2ccccc21)C(=O)O. The Balaban J connectivity index is 1.36. The zero-order chi connectivity index (χ0) is 27.3. The van der Waals surface area contributed by atoms with Crippen molar-refractivity contribution in [2.45, 2.75) is 51.3 Å². The minimum Gasteiger partial charge on any atom is -0.480 e. The van der Waals surface area contributed by atoms with E-state index < -0.39 is 29.8 Å². The highest BCUT2D eigenvalue weighted by molar-refractivity contribution is 5.81. The highest BCUT2D eigenvalue weighted by Gasteiger charge is 2.29. The summed E-state index contributed by atoms with van der Waals surface area (Å²) in [5, 5.41) is 14.8. The fraction of sp³-hybridized carbons (Fsp3) is 0.300. The quantitative estimate of drug-likeness (QED) is 0.377. The number of amides is 2. The molecule has 1 aliphatic rings. The summed E-state index contributed by atoms with van der Waals surface area (Å²) in [5.74, 6) is -1.23. The zero-order valence-corrected chi connectivity index (χ0v) is 21.7. The number of hydrogen-bond donors (Lipinski definition) is 3. The molecule has 0 aromatic heterocycles. The molecule has 0 fully saturated rings. The minimum atomic E-state index is -1.19. The molecule has 8 heteroatoms. The number of aliphatic carboxylic acids is 1. The summed E-state index contributed by atoms with van der Waals surface area (Å²) in [6, 6.07) is 22.2. The summed E-state index contributed by atoms with van der Waals surface area (Å²) in [4.78, 5) is 36.6. The maximum atomic E-state index is 12.6. The molecule has 1 atom stereocenters. The summed E-state index contributed by atoms with van der Waals surface area (Å²) in [6.07, 6.45) is -1.35. The van der Waals surface area contributed by atoms with Gasteiger partial charge in [0.05, 0.1) is 0 Å². The molecule has 0 aliphatic heterocycles. The summed E-state index contributed by atoms with van der Waals surface area (Å²) >= 11 is 0. The molecule has 0 heterocycles. The van der Waals surface area contributed by atoms with Crippen LogP contribution in [-0.4, -0.2) is 41.5 Å². The van der Waals surface area contributed by atoms with Crippen LogP contribution in [0, 0.1) is 0 Å². The largest absolute Gasteiger partial charge is 0.480 e. The molecule has 38 heavy (non-hydrogen) atoms. The Morgan fingerprint density at radius 3 is 1.97 bits per heavy atom. The lowest BCUT2D eigenvalue weighted by molar-refractivity contribution is -0.139. The number of fused-ring (bicyclic) bond motifs is 3. The molecule has 4 rings (SSSR count). The number of alkyl carbamates (subject to hydrolysis) is 2. The van der Waals surface area contributed by atoms with E-state index in [0.717, 1.165) is 27.8 Å². The number of carboxylic acids is 1. The zero-order valence-electron chi connectivity index (χ0n) is 21.7. The van der Waals surface area contributed by atoms with Gasteiger partial charge in [0.1, 0.15) is 18.2 Å². The number of carbonyl (C=O) groups excluding carboxylic acids is 2. The lowest BCUT2D eigenvalue weighted by Crippen LogP contribution is -2.44. The lowest BCUT2D eigenvalue weighted by atomic mass is 9.98. The second-order valence-corrected chi connectivity index (χ2v) is 10.2. The molecular weight excluding hydrogens is 484 g/mol. The molecule has 0 unspecified atom stereocenters. The van der Waals surface area contributed by atoms with Crippen molar-refractivity contribution in [1.82, 2.24) is 10.6 Å². The van der Waals surface area contributed by atoms with Crippen molar-refractivity contribution in [1.29, 1.82) is 0 Å². The molecule has 198 valence electrons. The Morgan fingerprint density at radius 1 is 0.842 bits per heavy atom. The summed E-state index contributed by atoms with van der Waals surface area (Å²) in [7, 11) is 0. The van der Waals surface area contributed by atoms with Crippen LogP contribution in [0.5, 0.6) is 0 Å². The third kappa shape index (κ3) is 6.51. The highest BCUT2D eigenvalue weighted by atomic mass is 16.6. The first kappa shape index (κ1) is 26.7. The van der Waals surface area contributed by atoms with E-state index in [4.69, 9.17) is 9.47 Å². The second-order valence-electron chi connectivity index (χ2n) is 10.2. The van der Waals surface area contributed by atoms with Gasteiger partial charge in [-0.1, -0.05) is 72.8 Å². The van der Waals surface area contributed by atoms with E-state index in [2.05, 4.69) is 34.9 Å². The van der Waals surface area contributed by atoms with Crippen molar-refractivity contribution < 1.29 is 29.0 Å². The van der Waals surface area contributed by atoms with E-state index in [9.17, 15) is 19.5 Å². The van der Waals surface area contributed by atoms with E-state index in [1.165, 1.54) is 0 Å². The highest BCUT2D eigenvalue weighted by Crippen LogP contribution is 2.44. The summed E-state index contributed by atoms with van der Waals surface area (Å²) in [6.45, 7) is 5.44. The van der Waals surface area contributed by atoms with Gasteiger partial charge in [0.15, 0.2) is 0 Å². The Kier molecular flexibility index (Phi) is 8.00. The van der Waals surface area contributed by atoms with Crippen LogP contribution in [-0.2, 0) is 27.2 Å². The fourth-order valence-electron chi connectivity index (χ4n) is 4.62. The van der Waals surface area contributed by atoms with Crippen molar-refractivity contribution in [3.8, 4) is 11.1 Å². The predicted molar refractivity (Wildman–Crippen MR) is 143 cm³/mol. The molecule has 8 nitrogen and oxygen atoms in total. The van der Waals surface area contributed by atoms with E-state index in [-0.39, 0.29) is 25.5 Å². The van der Waals surface area contributed by atoms with Gasteiger partial charge in [-0.2, -0.15) is 0 Å². The summed E-state index contributed by atoms with van der Waals surface area (Å²) < 4.78 is 10.8. The number of carboxylic acid groups (broad SMARTS) is 1. The standard InChI is InChI=1S/C30H32N2O6/c1-30(2,3)38-29(36)32-26(27(33)34)16-19-10-4-5-11-20(19)17-31-28(35)37-18-25-23-14-8-6-12-21(23)22-13-7-9-15-24(22)25/h4-15,25-26H,16-18H2,1-3H3,(H,31,35)(H,32,36)(H,33,34)/t26-/m1/s1. The van der Waals surface area contributed by atoms with Gasteiger partial charge < -0.3 is 25.2 Å². The summed E-state index contributed by atoms with van der Waals surface area (Å²) in [5.41, 5.74) is 5.21. The number of ether oxygens (including phenoxy) is 2. The first-order valence-corrected chi connectivity index (χ1v) is 12.5. The van der Waals surface area contributed by atoms with E-state index >= 15 is 0 Å². The number of nitrogens with one attached hydrogen (secondary N) is 2. The van der Waals surface area contributed by atoms with Crippen molar-refractivity contribution in [3.05, 3.63) is 95.1 Å². The molecule has 0 bridgehead atoms. The monoisotopic (exact) mass is 516 g/mol. The van der Waals surface area contributed by atoms with Gasteiger partial charge in [0.2, 0.25) is 0 Å². The van der Waals surface area contributed by atoms with Gasteiger partial charge in [0.25, 0.3) is 0 Å². The third-order valence-corrected chi connectivity index (χ3v) is 6.30. The van der Waals surface area contributed by atoms with Gasteiger partial charge in [0, 0.05) is 18.9 Å². The molecule has 0 radical (unpaired) electrons. The average Bonchev–Trinajstić information content (AvgIpc) is 3.19. The van der Waals surface area contributed by atoms with Crippen LogP contribution >= 0.6 is 0 Å². The average molecular weight is 517 g/mol. The Morgan fingerprint density at radius 2 is 1.39 bits per heavy atom. The maximum absolute atomic E-state index is 12.6. The van der Waals surface area contributed by atoms with Crippen molar-refractivity contribution in [2.75, 3.05) is 6.61 Å². The first-order valence-electron chi connectivity index (χ1n) is 12.5. The normalized spacial score (nSPS) is 13.1. The molecule has 0 spiro atoms. The topological polar surface area (TPSA) is 114 Å². The second kappa shape index (κ2) is 11.4. The van der Waals surface area contributed by atoms with Gasteiger partial charge in [-0.05, 0) is 54.2 Å². The minimum absolute atomic E-state index is 0.0249. The van der Waals surface area contributed by atoms with Crippen molar-refractivity contribution in [2.24, 2.45) is 0 Å². The lowest BCUT2D eigenvalue weighted by Gasteiger charge is -2.22. The van der Waals surface area contributed by atoms with Crippen LogP contribution in [0.15, 0.2) is 72.8 Å². The Labute approximate surface area is 222 Å². The third-order valence-electron chi connectivity index (χ3n) is 6.30. The van der Waals surface area contributed by atoms with Crippen LogP contribution < -0.4 is 10.6 Å². The Bertz CT molecular complexity index is 1280. The van der Waals surface area contributed by atoms with Crippen molar-refractivity contribution >= 4 is 18.2 Å². The molecular formula is C30H32N2O6. The number of rotatable bonds is 8. The number of benzene rings is 3. The molecule has 3 aromatic rings. The van der Waals surface area contributed by atoms with Crippen LogP contribution in [0.2, 0.25) is 0 Å². The number of carbonyl (C=O) groups is 3. The molecule has 3 N–H and O–H groups in total. The van der Waals surface area contributed by atoms with Gasteiger partial charge >= 0.3 is 18.2 Å². The van der Waals surface area contributed by atoms with E-state index in [1.807, 2.05) is 24.3 Å². The predicted octanol–water partition coefficient (Wildman–Crippen LogP) is 5.25. The van der Waals surface area contributed by atoms with Crippen LogP contribution in [0.1, 0.15) is 48.9 Å². The van der Waals surface area contributed by atoms with Crippen molar-refractivity contribution in [3.63, 3.8) is 0 Å². The smallest absolute Gasteiger partial charge is 0.408 e. The fourth-order valence-corrected chi connectivity index (χ4v) is 4.62. The van der Waals surface area contributed by atoms with Gasteiger partial charge in [-0.15, -0.1) is 0 Å². The molecule has 2 amide bonds. The number of hydrogen-bond acceptors (Lipinski definition) is 5. The molecule has 0 saturated carbocycles. The van der Waals surface area contributed by atoms with E-state index in [1.54, 1.807) is 45.0 Å². The molecule has 3 aromatic carbocycles. The maximum Gasteiger partial charge on any atom is 0.408 e. The van der Waals surface area contributed by atoms with Gasteiger partial charge in [-0.25, -0.2) is 14.4 Å². The molecule has 1 aliphatic carbocycles. The van der Waals surface area contributed by atoms with Crippen LogP contribution in [0.3, 0.4) is 0 Å². The Hall–Kier alpha value is -4.33. The van der Waals surface area contributed by atoms with Gasteiger partial charge in [-0.3, -0.25) is 0 Å². The molecule has 0 saturated heterocycles.